The van der Waals surface area contributed by atoms with Crippen LogP contribution in [0.25, 0.3) is 0 Å². The summed E-state index contributed by atoms with van der Waals surface area (Å²) in [5, 5.41) is 5.74. The fourth-order valence-electron chi connectivity index (χ4n) is 3.70. The van der Waals surface area contributed by atoms with Gasteiger partial charge in [-0.05, 0) is 37.7 Å². The predicted octanol–water partition coefficient (Wildman–Crippen LogP) is 2.80. The zero-order valence-electron chi connectivity index (χ0n) is 16.1. The lowest BCUT2D eigenvalue weighted by Crippen LogP contribution is -2.49. The minimum atomic E-state index is -0.870. The van der Waals surface area contributed by atoms with Gasteiger partial charge in [-0.3, -0.25) is 14.5 Å². The molecule has 0 unspecified atom stereocenters. The summed E-state index contributed by atoms with van der Waals surface area (Å²) in [4.78, 5) is 38.7. The Hall–Kier alpha value is -2.48. The van der Waals surface area contributed by atoms with Crippen LogP contribution in [0.4, 0.5) is 10.5 Å². The maximum absolute atomic E-state index is 12.8. The van der Waals surface area contributed by atoms with E-state index in [0.29, 0.717) is 41.0 Å². The molecule has 1 spiro atoms. The van der Waals surface area contributed by atoms with Crippen molar-refractivity contribution in [1.82, 2.24) is 10.2 Å². The van der Waals surface area contributed by atoms with E-state index >= 15 is 0 Å². The molecule has 8 nitrogen and oxygen atoms in total. The summed E-state index contributed by atoms with van der Waals surface area (Å²) in [5.74, 6) is 0.423. The number of methoxy groups -OCH3 is 2. The summed E-state index contributed by atoms with van der Waals surface area (Å²) in [7, 11) is 2.92. The first-order valence-electron chi connectivity index (χ1n) is 9.15. The molecular formula is C19H24ClN3O5. The van der Waals surface area contributed by atoms with Crippen LogP contribution in [0.15, 0.2) is 12.1 Å². The highest BCUT2D eigenvalue weighted by molar-refractivity contribution is 6.32. The van der Waals surface area contributed by atoms with Gasteiger partial charge < -0.3 is 20.1 Å². The molecule has 1 saturated carbocycles. The second-order valence-electron chi connectivity index (χ2n) is 7.32. The number of hydrogen-bond donors (Lipinski definition) is 2. The van der Waals surface area contributed by atoms with Crippen LogP contribution in [-0.2, 0) is 9.59 Å². The van der Waals surface area contributed by atoms with Crippen molar-refractivity contribution >= 4 is 35.1 Å². The third-order valence-corrected chi connectivity index (χ3v) is 5.72. The van der Waals surface area contributed by atoms with Gasteiger partial charge >= 0.3 is 6.03 Å². The van der Waals surface area contributed by atoms with Gasteiger partial charge in [-0.15, -0.1) is 0 Å². The molecule has 2 fully saturated rings. The fraction of sp³-hybridized carbons (Fsp3) is 0.526. The highest BCUT2D eigenvalue weighted by atomic mass is 35.5. The van der Waals surface area contributed by atoms with Crippen LogP contribution >= 0.6 is 11.6 Å². The Morgan fingerprint density at radius 2 is 1.89 bits per heavy atom. The third kappa shape index (κ3) is 3.73. The highest BCUT2D eigenvalue weighted by Gasteiger charge is 2.52. The lowest BCUT2D eigenvalue weighted by atomic mass is 9.77. The number of carbonyl (C=O) groups excluding carboxylic acids is 3. The van der Waals surface area contributed by atoms with Crippen LogP contribution in [-0.4, -0.2) is 49.0 Å². The van der Waals surface area contributed by atoms with Gasteiger partial charge in [0.15, 0.2) is 0 Å². The Bertz CT molecular complexity index is 805. The Balaban J connectivity index is 1.71. The molecule has 3 rings (SSSR count). The number of carbonyl (C=O) groups is 3. The molecule has 0 bridgehead atoms. The van der Waals surface area contributed by atoms with Crippen LogP contribution in [0.2, 0.25) is 5.02 Å². The average Bonchev–Trinajstić information content (AvgIpc) is 2.89. The van der Waals surface area contributed by atoms with Crippen molar-refractivity contribution in [2.24, 2.45) is 5.92 Å². The first-order chi connectivity index (χ1) is 13.3. The molecule has 152 valence electrons. The van der Waals surface area contributed by atoms with Crippen LogP contribution in [0.5, 0.6) is 11.5 Å². The van der Waals surface area contributed by atoms with Gasteiger partial charge in [0, 0.05) is 6.07 Å². The van der Waals surface area contributed by atoms with Crippen LogP contribution in [0.3, 0.4) is 0 Å². The van der Waals surface area contributed by atoms with Crippen LogP contribution in [0, 0.1) is 5.92 Å². The summed E-state index contributed by atoms with van der Waals surface area (Å²) in [6.07, 6.45) is 2.93. The number of nitrogens with one attached hydrogen (secondary N) is 2. The number of rotatable bonds is 5. The number of hydrogen-bond acceptors (Lipinski definition) is 5. The molecule has 28 heavy (non-hydrogen) atoms. The van der Waals surface area contributed by atoms with E-state index in [1.165, 1.54) is 20.3 Å². The van der Waals surface area contributed by atoms with Gasteiger partial charge in [-0.25, -0.2) is 4.79 Å². The molecule has 1 saturated heterocycles. The monoisotopic (exact) mass is 409 g/mol. The van der Waals surface area contributed by atoms with E-state index in [4.69, 9.17) is 21.1 Å². The van der Waals surface area contributed by atoms with Gasteiger partial charge in [0.2, 0.25) is 5.91 Å². The van der Waals surface area contributed by atoms with Gasteiger partial charge in [0.05, 0.1) is 24.9 Å². The van der Waals surface area contributed by atoms with Crippen molar-refractivity contribution in [2.45, 2.75) is 38.1 Å². The number of benzene rings is 1. The van der Waals surface area contributed by atoms with E-state index in [2.05, 4.69) is 17.6 Å². The summed E-state index contributed by atoms with van der Waals surface area (Å²) < 4.78 is 10.4. The Morgan fingerprint density at radius 3 is 2.50 bits per heavy atom. The quantitative estimate of drug-likeness (QED) is 0.729. The summed E-state index contributed by atoms with van der Waals surface area (Å²) in [6.45, 7) is 1.75. The molecule has 0 aromatic heterocycles. The van der Waals surface area contributed by atoms with E-state index in [1.54, 1.807) is 6.07 Å². The van der Waals surface area contributed by atoms with Crippen molar-refractivity contribution in [1.29, 1.82) is 0 Å². The number of amides is 4. The normalized spacial score (nSPS) is 24.3. The van der Waals surface area contributed by atoms with E-state index < -0.39 is 17.5 Å². The lowest BCUT2D eigenvalue weighted by Gasteiger charge is -2.33. The Labute approximate surface area is 168 Å². The number of urea groups is 1. The van der Waals surface area contributed by atoms with E-state index in [1.807, 2.05) is 0 Å². The number of imide groups is 1. The van der Waals surface area contributed by atoms with Gasteiger partial charge in [0.25, 0.3) is 5.91 Å². The van der Waals surface area contributed by atoms with E-state index in [9.17, 15) is 14.4 Å². The number of halogens is 1. The summed E-state index contributed by atoms with van der Waals surface area (Å²) in [6, 6.07) is 2.51. The predicted molar refractivity (Wildman–Crippen MR) is 104 cm³/mol. The second kappa shape index (κ2) is 7.87. The molecule has 1 aromatic carbocycles. The van der Waals surface area contributed by atoms with E-state index in [-0.39, 0.29) is 12.5 Å². The Kier molecular flexibility index (Phi) is 5.69. The molecule has 1 aliphatic carbocycles. The smallest absolute Gasteiger partial charge is 0.325 e. The molecular weight excluding hydrogens is 386 g/mol. The van der Waals surface area contributed by atoms with Crippen LogP contribution < -0.4 is 20.1 Å². The minimum Gasteiger partial charge on any atom is -0.495 e. The third-order valence-electron chi connectivity index (χ3n) is 5.42. The maximum atomic E-state index is 12.8. The number of anilines is 1. The Morgan fingerprint density at radius 1 is 1.25 bits per heavy atom. The first kappa shape index (κ1) is 20.3. The van der Waals surface area contributed by atoms with Crippen molar-refractivity contribution < 1.29 is 23.9 Å². The maximum Gasteiger partial charge on any atom is 0.325 e. The first-order valence-corrected chi connectivity index (χ1v) is 9.53. The van der Waals surface area contributed by atoms with Crippen molar-refractivity contribution in [2.75, 3.05) is 26.1 Å². The van der Waals surface area contributed by atoms with Crippen molar-refractivity contribution in [3.63, 3.8) is 0 Å². The molecule has 4 amide bonds. The van der Waals surface area contributed by atoms with Gasteiger partial charge in [0.1, 0.15) is 23.6 Å². The van der Waals surface area contributed by atoms with Crippen LogP contribution in [0.1, 0.15) is 32.6 Å². The van der Waals surface area contributed by atoms with E-state index in [0.717, 1.165) is 17.7 Å². The number of nitrogens with zero attached hydrogens (tertiary/aromatic N) is 1. The lowest BCUT2D eigenvalue weighted by molar-refractivity contribution is -0.135. The topological polar surface area (TPSA) is 97.0 Å². The summed E-state index contributed by atoms with van der Waals surface area (Å²) >= 11 is 6.11. The minimum absolute atomic E-state index is 0.295. The van der Waals surface area contributed by atoms with Gasteiger partial charge in [-0.2, -0.15) is 0 Å². The highest BCUT2D eigenvalue weighted by Crippen LogP contribution is 2.37. The SMILES string of the molecule is COc1cc(OC)c(NC(=O)CN2C(=O)NC3(CCC(C)CC3)C2=O)cc1Cl. The van der Waals surface area contributed by atoms with Crippen molar-refractivity contribution in [3.05, 3.63) is 17.2 Å². The average molecular weight is 410 g/mol. The molecule has 1 aromatic rings. The molecule has 0 radical (unpaired) electrons. The second-order valence-corrected chi connectivity index (χ2v) is 7.73. The number of ether oxygens (including phenoxy) is 2. The van der Waals surface area contributed by atoms with Crippen molar-refractivity contribution in [3.8, 4) is 11.5 Å². The standard InChI is InChI=1S/C19H24ClN3O5/c1-11-4-6-19(7-5-11)17(25)23(18(26)22-19)10-16(24)21-13-8-12(20)14(27-2)9-15(13)28-3/h8-9,11H,4-7,10H2,1-3H3,(H,21,24)(H,22,26). The fourth-order valence-corrected chi connectivity index (χ4v) is 3.95. The zero-order chi connectivity index (χ0) is 20.5. The molecule has 2 aliphatic rings. The molecule has 2 N–H and O–H groups in total. The molecule has 9 heteroatoms. The molecule has 1 heterocycles. The summed E-state index contributed by atoms with van der Waals surface area (Å²) in [5.41, 5.74) is -0.545. The molecule has 0 atom stereocenters. The molecule has 1 aliphatic heterocycles. The zero-order valence-corrected chi connectivity index (χ0v) is 16.9. The van der Waals surface area contributed by atoms with Gasteiger partial charge in [-0.1, -0.05) is 18.5 Å². The largest absolute Gasteiger partial charge is 0.495 e.